The highest BCUT2D eigenvalue weighted by Gasteiger charge is 2.13. The summed E-state index contributed by atoms with van der Waals surface area (Å²) in [5.74, 6) is -0.195. The lowest BCUT2D eigenvalue weighted by atomic mass is 10.1. The van der Waals surface area contributed by atoms with E-state index in [-0.39, 0.29) is 5.82 Å². The molecule has 84 valence electrons. The van der Waals surface area contributed by atoms with Gasteiger partial charge in [0.05, 0.1) is 5.69 Å². The molecule has 3 heteroatoms. The Balaban J connectivity index is 2.86. The molecule has 0 amide bonds. The van der Waals surface area contributed by atoms with E-state index < -0.39 is 0 Å². The van der Waals surface area contributed by atoms with Crippen LogP contribution in [0.1, 0.15) is 26.7 Å². The third-order valence-electron chi connectivity index (χ3n) is 2.65. The van der Waals surface area contributed by atoms with Gasteiger partial charge in [0.2, 0.25) is 0 Å². The summed E-state index contributed by atoms with van der Waals surface area (Å²) in [6.07, 6.45) is 2.13. The number of rotatable bonds is 5. The van der Waals surface area contributed by atoms with E-state index in [9.17, 15) is 4.39 Å². The van der Waals surface area contributed by atoms with Crippen LogP contribution in [0.15, 0.2) is 24.3 Å². The summed E-state index contributed by atoms with van der Waals surface area (Å²) in [4.78, 5) is 0. The first-order valence-electron chi connectivity index (χ1n) is 5.45. The molecule has 0 atom stereocenters. The van der Waals surface area contributed by atoms with Gasteiger partial charge in [0.1, 0.15) is 5.82 Å². The molecule has 0 aliphatic heterocycles. The van der Waals surface area contributed by atoms with Crippen molar-refractivity contribution in [2.45, 2.75) is 32.7 Å². The highest BCUT2D eigenvalue weighted by Crippen LogP contribution is 2.18. The fraction of sp³-hybridized carbons (Fsp3) is 0.500. The van der Waals surface area contributed by atoms with Crippen LogP contribution in [-0.4, -0.2) is 13.1 Å². The van der Waals surface area contributed by atoms with Crippen LogP contribution in [-0.2, 0) is 0 Å². The van der Waals surface area contributed by atoms with Crippen LogP contribution in [0.3, 0.4) is 0 Å². The van der Waals surface area contributed by atoms with Crippen LogP contribution < -0.4 is 10.4 Å². The van der Waals surface area contributed by atoms with E-state index in [1.54, 1.807) is 12.1 Å². The molecule has 2 nitrogen and oxygen atoms in total. The van der Waals surface area contributed by atoms with E-state index in [0.717, 1.165) is 18.5 Å². The Morgan fingerprint density at radius 1 is 1.20 bits per heavy atom. The average Bonchev–Trinajstić information content (AvgIpc) is 2.27. The van der Waals surface area contributed by atoms with Crippen molar-refractivity contribution in [1.82, 2.24) is 5.43 Å². The highest BCUT2D eigenvalue weighted by atomic mass is 19.1. The zero-order chi connectivity index (χ0) is 11.3. The first-order chi connectivity index (χ1) is 7.22. The summed E-state index contributed by atoms with van der Waals surface area (Å²) >= 11 is 0. The molecule has 1 aromatic rings. The summed E-state index contributed by atoms with van der Waals surface area (Å²) in [7, 11) is 1.89. The maximum absolute atomic E-state index is 12.8. The minimum absolute atomic E-state index is 0.195. The van der Waals surface area contributed by atoms with Crippen molar-refractivity contribution in [3.63, 3.8) is 0 Å². The van der Waals surface area contributed by atoms with Gasteiger partial charge in [0.15, 0.2) is 0 Å². The number of nitrogens with zero attached hydrogens (tertiary/aromatic N) is 1. The van der Waals surface area contributed by atoms with Crippen molar-refractivity contribution in [1.29, 1.82) is 0 Å². The van der Waals surface area contributed by atoms with Crippen LogP contribution in [0, 0.1) is 5.82 Å². The topological polar surface area (TPSA) is 15.3 Å². The number of halogens is 1. The zero-order valence-electron chi connectivity index (χ0n) is 9.63. The number of hydrogen-bond donors (Lipinski definition) is 1. The van der Waals surface area contributed by atoms with E-state index in [1.165, 1.54) is 12.1 Å². The first-order valence-corrected chi connectivity index (χ1v) is 5.45. The molecule has 1 rings (SSSR count). The summed E-state index contributed by atoms with van der Waals surface area (Å²) in [5, 5.41) is 2.08. The third kappa shape index (κ3) is 2.93. The first kappa shape index (κ1) is 12.0. The van der Waals surface area contributed by atoms with Crippen LogP contribution in [0.5, 0.6) is 0 Å². The second-order valence-corrected chi connectivity index (χ2v) is 3.54. The summed E-state index contributed by atoms with van der Waals surface area (Å²) in [5.41, 5.74) is 4.16. The largest absolute Gasteiger partial charge is 0.306 e. The Labute approximate surface area is 91.1 Å². The van der Waals surface area contributed by atoms with Gasteiger partial charge in [-0.05, 0) is 37.1 Å². The summed E-state index contributed by atoms with van der Waals surface area (Å²) in [6.45, 7) is 4.31. The Hall–Kier alpha value is -1.09. The third-order valence-corrected chi connectivity index (χ3v) is 2.65. The van der Waals surface area contributed by atoms with Crippen LogP contribution in [0.25, 0.3) is 0 Å². The maximum Gasteiger partial charge on any atom is 0.123 e. The van der Waals surface area contributed by atoms with Crippen molar-refractivity contribution in [3.05, 3.63) is 30.1 Å². The molecular formula is C12H19FN2. The number of hydrogen-bond acceptors (Lipinski definition) is 2. The quantitative estimate of drug-likeness (QED) is 0.752. The van der Waals surface area contributed by atoms with Crippen molar-refractivity contribution >= 4 is 5.69 Å². The smallest absolute Gasteiger partial charge is 0.123 e. The van der Waals surface area contributed by atoms with E-state index in [2.05, 4.69) is 24.3 Å². The lowest BCUT2D eigenvalue weighted by Crippen LogP contribution is -2.43. The maximum atomic E-state index is 12.8. The van der Waals surface area contributed by atoms with E-state index in [1.807, 2.05) is 7.05 Å². The van der Waals surface area contributed by atoms with Crippen LogP contribution in [0.2, 0.25) is 0 Å². The molecule has 15 heavy (non-hydrogen) atoms. The average molecular weight is 210 g/mol. The molecule has 0 radical (unpaired) electrons. The lowest BCUT2D eigenvalue weighted by molar-refractivity contribution is 0.515. The van der Waals surface area contributed by atoms with Gasteiger partial charge < -0.3 is 5.01 Å². The minimum atomic E-state index is -0.195. The van der Waals surface area contributed by atoms with E-state index >= 15 is 0 Å². The number of nitrogens with one attached hydrogen (secondary N) is 1. The second kappa shape index (κ2) is 5.71. The molecule has 0 aromatic heterocycles. The molecular weight excluding hydrogens is 191 g/mol. The number of hydrazine groups is 1. The van der Waals surface area contributed by atoms with Gasteiger partial charge in [-0.3, -0.25) is 0 Å². The van der Waals surface area contributed by atoms with Crippen molar-refractivity contribution in [2.24, 2.45) is 0 Å². The molecule has 0 spiro atoms. The van der Waals surface area contributed by atoms with Crippen molar-refractivity contribution in [3.8, 4) is 0 Å². The van der Waals surface area contributed by atoms with E-state index in [4.69, 9.17) is 0 Å². The minimum Gasteiger partial charge on any atom is -0.306 e. The zero-order valence-corrected chi connectivity index (χ0v) is 9.63. The number of anilines is 1. The molecule has 0 saturated heterocycles. The van der Waals surface area contributed by atoms with Gasteiger partial charge in [0.25, 0.3) is 0 Å². The Morgan fingerprint density at radius 3 is 2.13 bits per heavy atom. The Morgan fingerprint density at radius 2 is 1.73 bits per heavy atom. The summed E-state index contributed by atoms with van der Waals surface area (Å²) < 4.78 is 12.8. The molecule has 0 aliphatic rings. The van der Waals surface area contributed by atoms with Gasteiger partial charge in [-0.1, -0.05) is 13.8 Å². The molecule has 0 fully saturated rings. The SMILES string of the molecule is CCC(CC)N(NC)c1ccc(F)cc1. The molecule has 0 heterocycles. The van der Waals surface area contributed by atoms with Gasteiger partial charge in [0, 0.05) is 13.1 Å². The standard InChI is InChI=1S/C12H19FN2/c1-4-11(5-2)15(14-3)12-8-6-10(13)7-9-12/h6-9,11,14H,4-5H2,1-3H3. The van der Waals surface area contributed by atoms with Crippen LogP contribution in [0.4, 0.5) is 10.1 Å². The predicted molar refractivity (Wildman–Crippen MR) is 62.3 cm³/mol. The lowest BCUT2D eigenvalue weighted by Gasteiger charge is -2.31. The van der Waals surface area contributed by atoms with Crippen molar-refractivity contribution < 1.29 is 4.39 Å². The predicted octanol–water partition coefficient (Wildman–Crippen LogP) is 2.96. The normalized spacial score (nSPS) is 10.7. The van der Waals surface area contributed by atoms with Gasteiger partial charge in [-0.25, -0.2) is 9.82 Å². The Bertz CT molecular complexity index is 280. The van der Waals surface area contributed by atoms with Crippen molar-refractivity contribution in [2.75, 3.05) is 12.1 Å². The Kier molecular flexibility index (Phi) is 4.56. The fourth-order valence-electron chi connectivity index (χ4n) is 1.78. The van der Waals surface area contributed by atoms with E-state index in [0.29, 0.717) is 6.04 Å². The molecule has 0 aliphatic carbocycles. The second-order valence-electron chi connectivity index (χ2n) is 3.54. The molecule has 1 N–H and O–H groups in total. The van der Waals surface area contributed by atoms with Gasteiger partial charge in [-0.15, -0.1) is 0 Å². The molecule has 1 aromatic carbocycles. The molecule has 0 bridgehead atoms. The molecule has 0 saturated carbocycles. The summed E-state index contributed by atoms with van der Waals surface area (Å²) in [6, 6.07) is 7.01. The van der Waals surface area contributed by atoms with Gasteiger partial charge >= 0.3 is 0 Å². The fourth-order valence-corrected chi connectivity index (χ4v) is 1.78. The highest BCUT2D eigenvalue weighted by molar-refractivity contribution is 5.45. The molecule has 0 unspecified atom stereocenters. The monoisotopic (exact) mass is 210 g/mol. The van der Waals surface area contributed by atoms with Crippen LogP contribution >= 0.6 is 0 Å². The number of benzene rings is 1. The van der Waals surface area contributed by atoms with Gasteiger partial charge in [-0.2, -0.15) is 0 Å².